The number of amides is 1. The number of aliphatic hydroxyl groups is 1. The van der Waals surface area contributed by atoms with Gasteiger partial charge in [0.15, 0.2) is 0 Å². The summed E-state index contributed by atoms with van der Waals surface area (Å²) in [5.74, 6) is -0.530. The molecule has 2 aromatic heterocycles. The normalized spacial score (nSPS) is 13.8. The van der Waals surface area contributed by atoms with Crippen molar-refractivity contribution >= 4 is 16.8 Å². The summed E-state index contributed by atoms with van der Waals surface area (Å²) in [6.07, 6.45) is 3.48. The van der Waals surface area contributed by atoms with Crippen LogP contribution in [0.2, 0.25) is 0 Å². The highest BCUT2D eigenvalue weighted by atomic mass is 19.1. The fraction of sp³-hybridized carbons (Fsp3) is 0.269. The zero-order valence-corrected chi connectivity index (χ0v) is 19.1. The average molecular weight is 445 g/mol. The second kappa shape index (κ2) is 7.49. The van der Waals surface area contributed by atoms with Crippen molar-refractivity contribution in [2.45, 2.75) is 39.5 Å². The van der Waals surface area contributed by atoms with Gasteiger partial charge in [0, 0.05) is 54.6 Å². The lowest BCUT2D eigenvalue weighted by Gasteiger charge is -2.20. The van der Waals surface area contributed by atoms with Crippen LogP contribution in [0, 0.1) is 12.7 Å². The Morgan fingerprint density at radius 1 is 1.21 bits per heavy atom. The largest absolute Gasteiger partial charge is 0.386 e. The molecule has 0 atom stereocenters. The second-order valence-corrected chi connectivity index (χ2v) is 9.21. The van der Waals surface area contributed by atoms with Crippen molar-refractivity contribution in [3.05, 3.63) is 82.6 Å². The number of carbonyl (C=O) groups excluding carboxylic acids is 1. The maximum Gasteiger partial charge on any atom is 0.273 e. The SMILES string of the molecule is Cc1cc(-c2ccc(C(C)(C)O)c3nn(C)cc23)cc(F)c1CN1Cc2cccnc2C1=O. The van der Waals surface area contributed by atoms with E-state index in [0.29, 0.717) is 23.3 Å². The van der Waals surface area contributed by atoms with Crippen molar-refractivity contribution in [3.8, 4) is 11.1 Å². The zero-order chi connectivity index (χ0) is 23.5. The van der Waals surface area contributed by atoms with Crippen LogP contribution in [0.25, 0.3) is 22.0 Å². The van der Waals surface area contributed by atoms with Crippen LogP contribution in [0.4, 0.5) is 4.39 Å². The number of nitrogens with zero attached hydrogens (tertiary/aromatic N) is 4. The summed E-state index contributed by atoms with van der Waals surface area (Å²) in [4.78, 5) is 18.5. The molecule has 33 heavy (non-hydrogen) atoms. The summed E-state index contributed by atoms with van der Waals surface area (Å²) in [7, 11) is 1.83. The predicted octanol–water partition coefficient (Wildman–Crippen LogP) is 4.47. The fourth-order valence-corrected chi connectivity index (χ4v) is 4.60. The predicted molar refractivity (Wildman–Crippen MR) is 124 cm³/mol. The maximum atomic E-state index is 15.4. The van der Waals surface area contributed by atoms with E-state index in [0.717, 1.165) is 33.2 Å². The smallest absolute Gasteiger partial charge is 0.273 e. The Morgan fingerprint density at radius 2 is 2.00 bits per heavy atom. The van der Waals surface area contributed by atoms with Crippen molar-refractivity contribution in [1.29, 1.82) is 0 Å². The summed E-state index contributed by atoms with van der Waals surface area (Å²) in [6.45, 7) is 5.92. The van der Waals surface area contributed by atoms with E-state index in [9.17, 15) is 9.90 Å². The van der Waals surface area contributed by atoms with E-state index >= 15 is 4.39 Å². The average Bonchev–Trinajstić information content (AvgIpc) is 3.28. The van der Waals surface area contributed by atoms with Gasteiger partial charge in [0.1, 0.15) is 11.5 Å². The summed E-state index contributed by atoms with van der Waals surface area (Å²) in [5, 5.41) is 15.9. The van der Waals surface area contributed by atoms with Crippen LogP contribution in [-0.4, -0.2) is 30.7 Å². The molecule has 0 saturated carbocycles. The fourth-order valence-electron chi connectivity index (χ4n) is 4.60. The lowest BCUT2D eigenvalue weighted by molar-refractivity contribution is 0.0759. The zero-order valence-electron chi connectivity index (χ0n) is 19.1. The molecule has 0 fully saturated rings. The van der Waals surface area contributed by atoms with E-state index in [1.807, 2.05) is 44.4 Å². The van der Waals surface area contributed by atoms with Crippen molar-refractivity contribution in [2.24, 2.45) is 7.05 Å². The lowest BCUT2D eigenvalue weighted by atomic mass is 9.91. The number of rotatable bonds is 4. The summed E-state index contributed by atoms with van der Waals surface area (Å²) in [5.41, 5.74) is 4.50. The van der Waals surface area contributed by atoms with Crippen molar-refractivity contribution in [1.82, 2.24) is 19.7 Å². The Kier molecular flexibility index (Phi) is 4.83. The third kappa shape index (κ3) is 3.58. The summed E-state index contributed by atoms with van der Waals surface area (Å²) in [6, 6.07) is 10.9. The molecule has 0 saturated heterocycles. The second-order valence-electron chi connectivity index (χ2n) is 9.21. The van der Waals surface area contributed by atoms with Crippen LogP contribution in [0.1, 0.15) is 46.6 Å². The molecular weight excluding hydrogens is 419 g/mol. The van der Waals surface area contributed by atoms with Gasteiger partial charge in [-0.15, -0.1) is 0 Å². The quantitative estimate of drug-likeness (QED) is 0.504. The molecule has 0 spiro atoms. The molecule has 7 heteroatoms. The molecule has 0 aliphatic carbocycles. The number of carbonyl (C=O) groups is 1. The van der Waals surface area contributed by atoms with Gasteiger partial charge in [-0.3, -0.25) is 14.5 Å². The van der Waals surface area contributed by atoms with Crippen LogP contribution in [0.5, 0.6) is 0 Å². The van der Waals surface area contributed by atoms with E-state index in [1.165, 1.54) is 6.07 Å². The molecule has 0 unspecified atom stereocenters. The first-order valence-corrected chi connectivity index (χ1v) is 10.9. The van der Waals surface area contributed by atoms with Crippen molar-refractivity contribution in [3.63, 3.8) is 0 Å². The van der Waals surface area contributed by atoms with Gasteiger partial charge in [-0.05, 0) is 49.6 Å². The first kappa shape index (κ1) is 21.3. The molecular formula is C26H25FN4O2. The highest BCUT2D eigenvalue weighted by molar-refractivity contribution is 5.97. The molecule has 0 radical (unpaired) electrons. The van der Waals surface area contributed by atoms with E-state index in [-0.39, 0.29) is 18.3 Å². The van der Waals surface area contributed by atoms with E-state index in [4.69, 9.17) is 0 Å². The number of benzene rings is 2. The summed E-state index contributed by atoms with van der Waals surface area (Å²) < 4.78 is 17.1. The van der Waals surface area contributed by atoms with E-state index in [1.54, 1.807) is 35.7 Å². The lowest BCUT2D eigenvalue weighted by Crippen LogP contribution is -2.24. The third-order valence-corrected chi connectivity index (χ3v) is 6.27. The van der Waals surface area contributed by atoms with Gasteiger partial charge in [0.25, 0.3) is 5.91 Å². The highest BCUT2D eigenvalue weighted by Gasteiger charge is 2.29. The van der Waals surface area contributed by atoms with Gasteiger partial charge < -0.3 is 10.0 Å². The van der Waals surface area contributed by atoms with Crippen LogP contribution in [0.15, 0.2) is 48.8 Å². The molecule has 1 aliphatic rings. The number of aromatic nitrogens is 3. The minimum atomic E-state index is -1.05. The van der Waals surface area contributed by atoms with Gasteiger partial charge in [-0.1, -0.05) is 24.3 Å². The van der Waals surface area contributed by atoms with E-state index in [2.05, 4.69) is 10.1 Å². The van der Waals surface area contributed by atoms with Gasteiger partial charge in [0.05, 0.1) is 11.1 Å². The minimum absolute atomic E-state index is 0.173. The number of aryl methyl sites for hydroxylation is 2. The Hall–Kier alpha value is -3.58. The molecule has 6 nitrogen and oxygen atoms in total. The minimum Gasteiger partial charge on any atom is -0.386 e. The maximum absolute atomic E-state index is 15.4. The summed E-state index contributed by atoms with van der Waals surface area (Å²) >= 11 is 0. The number of fused-ring (bicyclic) bond motifs is 2. The first-order valence-electron chi connectivity index (χ1n) is 10.9. The Balaban J connectivity index is 1.53. The topological polar surface area (TPSA) is 71.2 Å². The molecule has 5 rings (SSSR count). The molecule has 1 amide bonds. The number of pyridine rings is 1. The van der Waals surface area contributed by atoms with Gasteiger partial charge >= 0.3 is 0 Å². The monoisotopic (exact) mass is 444 g/mol. The van der Waals surface area contributed by atoms with Crippen LogP contribution >= 0.6 is 0 Å². The molecule has 2 aromatic carbocycles. The molecule has 1 N–H and O–H groups in total. The van der Waals surface area contributed by atoms with Crippen LogP contribution in [-0.2, 0) is 25.7 Å². The van der Waals surface area contributed by atoms with Crippen LogP contribution in [0.3, 0.4) is 0 Å². The molecule has 0 bridgehead atoms. The van der Waals surface area contributed by atoms with Crippen molar-refractivity contribution in [2.75, 3.05) is 0 Å². The van der Waals surface area contributed by atoms with Crippen LogP contribution < -0.4 is 0 Å². The first-order chi connectivity index (χ1) is 15.6. The van der Waals surface area contributed by atoms with Gasteiger partial charge in [-0.2, -0.15) is 5.10 Å². The third-order valence-electron chi connectivity index (χ3n) is 6.27. The highest BCUT2D eigenvalue weighted by Crippen LogP contribution is 2.36. The number of halogens is 1. The molecule has 168 valence electrons. The van der Waals surface area contributed by atoms with Crippen molar-refractivity contribution < 1.29 is 14.3 Å². The van der Waals surface area contributed by atoms with E-state index < -0.39 is 5.60 Å². The van der Waals surface area contributed by atoms with Gasteiger partial charge in [0.2, 0.25) is 0 Å². The molecule has 1 aliphatic heterocycles. The number of hydrogen-bond donors (Lipinski definition) is 1. The Morgan fingerprint density at radius 3 is 2.70 bits per heavy atom. The molecule has 4 aromatic rings. The van der Waals surface area contributed by atoms with Gasteiger partial charge in [-0.25, -0.2) is 4.39 Å². The molecule has 3 heterocycles. The standard InChI is InChI=1S/C26H25FN4O2/c1-15-10-17(18-7-8-21(26(2,3)33)24-20(18)13-30(4)29-24)11-22(27)19(15)14-31-12-16-6-5-9-28-23(16)25(31)32/h5-11,13,33H,12,14H2,1-4H3. The Labute approximate surface area is 191 Å². The Bertz CT molecular complexity index is 1390. The number of hydrogen-bond acceptors (Lipinski definition) is 4.